The third-order valence-corrected chi connectivity index (χ3v) is 6.21. The number of aromatic nitrogens is 4. The van der Waals surface area contributed by atoms with Crippen LogP contribution in [0.4, 0.5) is 11.8 Å². The Morgan fingerprint density at radius 3 is 2.67 bits per heavy atom. The number of amides is 1. The summed E-state index contributed by atoms with van der Waals surface area (Å²) in [6, 6.07) is 2.17. The maximum atomic E-state index is 12.5. The van der Waals surface area contributed by atoms with E-state index in [0.29, 0.717) is 11.9 Å². The van der Waals surface area contributed by atoms with Gasteiger partial charge >= 0.3 is 0 Å². The Labute approximate surface area is 163 Å². The van der Waals surface area contributed by atoms with Gasteiger partial charge in [0.15, 0.2) is 5.16 Å². The third-order valence-electron chi connectivity index (χ3n) is 5.15. The van der Waals surface area contributed by atoms with E-state index < -0.39 is 0 Å². The first kappa shape index (κ1) is 18.3. The molecule has 3 heterocycles. The zero-order valence-electron chi connectivity index (χ0n) is 16.0. The first-order chi connectivity index (χ1) is 13.0. The molecule has 8 nitrogen and oxygen atoms in total. The van der Waals surface area contributed by atoms with Crippen LogP contribution >= 0.6 is 11.8 Å². The smallest absolute Gasteiger partial charge is 0.240 e. The van der Waals surface area contributed by atoms with Gasteiger partial charge in [-0.3, -0.25) is 14.7 Å². The molecule has 0 radical (unpaired) electrons. The Balaban J connectivity index is 1.46. The summed E-state index contributed by atoms with van der Waals surface area (Å²) in [5.41, 5.74) is 0.736. The van der Waals surface area contributed by atoms with Gasteiger partial charge in [0.25, 0.3) is 0 Å². The van der Waals surface area contributed by atoms with Gasteiger partial charge in [0.1, 0.15) is 0 Å². The minimum atomic E-state index is -0.314. The second kappa shape index (κ2) is 7.53. The minimum absolute atomic E-state index is 0.130. The summed E-state index contributed by atoms with van der Waals surface area (Å²) < 4.78 is 7.31. The number of carbonyl (C=O) groups is 1. The topological polar surface area (TPSA) is 89.1 Å². The third kappa shape index (κ3) is 4.12. The van der Waals surface area contributed by atoms with Crippen molar-refractivity contribution in [3.8, 4) is 0 Å². The molecule has 2 aliphatic rings. The maximum absolute atomic E-state index is 12.5. The fourth-order valence-corrected chi connectivity index (χ4v) is 4.20. The molecule has 2 aromatic heterocycles. The monoisotopic (exact) mass is 390 g/mol. The van der Waals surface area contributed by atoms with Crippen molar-refractivity contribution in [1.82, 2.24) is 19.9 Å². The van der Waals surface area contributed by atoms with Crippen LogP contribution in [0.3, 0.4) is 0 Å². The molecule has 0 spiro atoms. The Hall–Kier alpha value is -2.03. The van der Waals surface area contributed by atoms with Crippen LogP contribution in [0.25, 0.3) is 0 Å². The number of hydrogen-bond donors (Lipinski definition) is 1. The summed E-state index contributed by atoms with van der Waals surface area (Å²) >= 11 is 1.45. The summed E-state index contributed by atoms with van der Waals surface area (Å²) in [5, 5.41) is 16.0. The number of thioether (sulfide) groups is 1. The number of carbonyl (C=O) groups excluding carboxylic acids is 1. The molecule has 4 rings (SSSR count). The molecule has 1 saturated heterocycles. The van der Waals surface area contributed by atoms with Crippen molar-refractivity contribution >= 4 is 29.5 Å². The number of piperidine rings is 1. The van der Waals surface area contributed by atoms with E-state index in [2.05, 4.69) is 37.1 Å². The highest BCUT2D eigenvalue weighted by molar-refractivity contribution is 8.00. The molecular formula is C18H26N6O2S. The molecule has 2 aromatic rings. The molecular weight excluding hydrogens is 364 g/mol. The molecule has 1 aliphatic heterocycles. The summed E-state index contributed by atoms with van der Waals surface area (Å²) in [6.07, 6.45) is 4.69. The Bertz CT molecular complexity index is 807. The van der Waals surface area contributed by atoms with Gasteiger partial charge in [-0.25, -0.2) is 0 Å². The van der Waals surface area contributed by atoms with Crippen LogP contribution in [0, 0.1) is 12.8 Å². The number of anilines is 2. The predicted molar refractivity (Wildman–Crippen MR) is 104 cm³/mol. The van der Waals surface area contributed by atoms with Crippen LogP contribution < -0.4 is 10.2 Å². The Morgan fingerprint density at radius 1 is 1.30 bits per heavy atom. The van der Waals surface area contributed by atoms with Gasteiger partial charge in [0.2, 0.25) is 17.7 Å². The Morgan fingerprint density at radius 2 is 2.04 bits per heavy atom. The lowest BCUT2D eigenvalue weighted by Crippen LogP contribution is -2.34. The van der Waals surface area contributed by atoms with Crippen LogP contribution in [0.2, 0.25) is 0 Å². The van der Waals surface area contributed by atoms with Crippen LogP contribution in [0.5, 0.6) is 0 Å². The lowest BCUT2D eigenvalue weighted by Gasteiger charge is -2.31. The maximum Gasteiger partial charge on any atom is 0.240 e. The van der Waals surface area contributed by atoms with Crippen molar-refractivity contribution in [2.45, 2.75) is 62.9 Å². The molecule has 1 amide bonds. The SMILES string of the molecule is Cc1cc(NC(=O)[C@@H](C)Sc2nnc(N3CCC(C)CC3)n2C2CC2)on1. The zero-order valence-corrected chi connectivity index (χ0v) is 16.8. The lowest BCUT2D eigenvalue weighted by atomic mass is 10.00. The molecule has 146 valence electrons. The lowest BCUT2D eigenvalue weighted by molar-refractivity contribution is -0.115. The van der Waals surface area contributed by atoms with Gasteiger partial charge in [0, 0.05) is 25.2 Å². The van der Waals surface area contributed by atoms with Gasteiger partial charge in [-0.05, 0) is 45.4 Å². The highest BCUT2D eigenvalue weighted by atomic mass is 32.2. The van der Waals surface area contributed by atoms with E-state index in [1.807, 2.05) is 13.8 Å². The van der Waals surface area contributed by atoms with Crippen molar-refractivity contribution in [1.29, 1.82) is 0 Å². The minimum Gasteiger partial charge on any atom is -0.341 e. The summed E-state index contributed by atoms with van der Waals surface area (Å²) in [5.74, 6) is 1.98. The van der Waals surface area contributed by atoms with Gasteiger partial charge in [-0.1, -0.05) is 23.8 Å². The van der Waals surface area contributed by atoms with Crippen LogP contribution in [-0.4, -0.2) is 44.2 Å². The van der Waals surface area contributed by atoms with E-state index in [-0.39, 0.29) is 11.2 Å². The van der Waals surface area contributed by atoms with Gasteiger partial charge in [-0.15, -0.1) is 10.2 Å². The van der Waals surface area contributed by atoms with Crippen molar-refractivity contribution in [3.05, 3.63) is 11.8 Å². The molecule has 9 heteroatoms. The quantitative estimate of drug-likeness (QED) is 0.757. The molecule has 1 atom stereocenters. The second-order valence-corrected chi connectivity index (χ2v) is 8.94. The predicted octanol–water partition coefficient (Wildman–Crippen LogP) is 3.27. The van der Waals surface area contributed by atoms with Crippen molar-refractivity contribution in [2.75, 3.05) is 23.3 Å². The highest BCUT2D eigenvalue weighted by Crippen LogP contribution is 2.42. The molecule has 2 fully saturated rings. The van der Waals surface area contributed by atoms with E-state index in [9.17, 15) is 4.79 Å². The molecule has 1 aliphatic carbocycles. The number of aryl methyl sites for hydroxylation is 1. The standard InChI is InChI=1S/C18H26N6O2S/c1-11-6-8-23(9-7-11)17-20-21-18(24(17)14-4-5-14)27-13(3)16(25)19-15-10-12(2)22-26-15/h10-11,13-14H,4-9H2,1-3H3,(H,19,25)/t13-/m1/s1. The zero-order chi connectivity index (χ0) is 19.0. The van der Waals surface area contributed by atoms with Gasteiger partial charge in [-0.2, -0.15) is 0 Å². The highest BCUT2D eigenvalue weighted by Gasteiger charge is 2.33. The summed E-state index contributed by atoms with van der Waals surface area (Å²) in [7, 11) is 0. The van der Waals surface area contributed by atoms with Crippen molar-refractivity contribution < 1.29 is 9.32 Å². The van der Waals surface area contributed by atoms with E-state index in [1.165, 1.54) is 24.6 Å². The van der Waals surface area contributed by atoms with E-state index in [1.54, 1.807) is 6.07 Å². The van der Waals surface area contributed by atoms with E-state index in [0.717, 1.165) is 48.6 Å². The number of rotatable bonds is 6. The van der Waals surface area contributed by atoms with Crippen LogP contribution in [-0.2, 0) is 4.79 Å². The van der Waals surface area contributed by atoms with Gasteiger partial charge < -0.3 is 9.42 Å². The summed E-state index contributed by atoms with van der Waals surface area (Å²) in [4.78, 5) is 14.8. The second-order valence-electron chi connectivity index (χ2n) is 7.64. The first-order valence-corrected chi connectivity index (χ1v) is 10.5. The van der Waals surface area contributed by atoms with Crippen molar-refractivity contribution in [2.24, 2.45) is 5.92 Å². The van der Waals surface area contributed by atoms with Crippen molar-refractivity contribution in [3.63, 3.8) is 0 Å². The largest absolute Gasteiger partial charge is 0.341 e. The molecule has 1 N–H and O–H groups in total. The molecule has 1 saturated carbocycles. The van der Waals surface area contributed by atoms with Gasteiger partial charge in [0.05, 0.1) is 10.9 Å². The summed E-state index contributed by atoms with van der Waals surface area (Å²) in [6.45, 7) is 8.05. The number of nitrogens with zero attached hydrogens (tertiary/aromatic N) is 5. The fourth-order valence-electron chi connectivity index (χ4n) is 3.28. The van der Waals surface area contributed by atoms with Crippen LogP contribution in [0.1, 0.15) is 51.3 Å². The average Bonchev–Trinajstić information content (AvgIpc) is 3.28. The molecule has 0 aromatic carbocycles. The fraction of sp³-hybridized carbons (Fsp3) is 0.667. The molecule has 0 bridgehead atoms. The number of hydrogen-bond acceptors (Lipinski definition) is 7. The molecule has 27 heavy (non-hydrogen) atoms. The van der Waals surface area contributed by atoms with E-state index in [4.69, 9.17) is 4.52 Å². The molecule has 0 unspecified atom stereocenters. The number of nitrogens with one attached hydrogen (secondary N) is 1. The average molecular weight is 391 g/mol. The first-order valence-electron chi connectivity index (χ1n) is 9.62. The normalized spacial score (nSPS) is 19.3. The van der Waals surface area contributed by atoms with E-state index >= 15 is 0 Å². The van der Waals surface area contributed by atoms with Crippen LogP contribution in [0.15, 0.2) is 15.7 Å². The Kier molecular flexibility index (Phi) is 5.12.